The molecule has 4 heteroatoms. The molecule has 0 unspecified atom stereocenters. The van der Waals surface area contributed by atoms with Crippen LogP contribution in [0, 0.1) is 6.92 Å². The van der Waals surface area contributed by atoms with E-state index in [0.717, 1.165) is 19.5 Å². The molecule has 0 aromatic heterocycles. The summed E-state index contributed by atoms with van der Waals surface area (Å²) in [6.07, 6.45) is 0.636. The van der Waals surface area contributed by atoms with Crippen molar-refractivity contribution in [3.05, 3.63) is 35.4 Å². The first-order chi connectivity index (χ1) is 9.38. The van der Waals surface area contributed by atoms with E-state index in [1.165, 1.54) is 11.1 Å². The maximum absolute atomic E-state index is 11.4. The van der Waals surface area contributed by atoms with Crippen LogP contribution in [0.5, 0.6) is 0 Å². The highest BCUT2D eigenvalue weighted by Gasteiger charge is 2.15. The molecule has 0 heterocycles. The topological polar surface area (TPSA) is 50.4 Å². The first-order valence-corrected chi connectivity index (χ1v) is 7.10. The summed E-state index contributed by atoms with van der Waals surface area (Å²) in [6.45, 7) is 9.90. The molecule has 1 amide bonds. The highest BCUT2D eigenvalue weighted by molar-refractivity contribution is 5.67. The molecule has 0 bridgehead atoms. The monoisotopic (exact) mass is 278 g/mol. The lowest BCUT2D eigenvalue weighted by molar-refractivity contribution is 0.0528. The highest BCUT2D eigenvalue weighted by atomic mass is 16.6. The Kier molecular flexibility index (Phi) is 6.52. The normalized spacial score (nSPS) is 11.2. The van der Waals surface area contributed by atoms with Crippen LogP contribution >= 0.6 is 0 Å². The smallest absolute Gasteiger partial charge is 0.407 e. The third-order valence-electron chi connectivity index (χ3n) is 2.80. The SMILES string of the molecule is Cc1ccccc1CCNCCNC(=O)OC(C)(C)C. The van der Waals surface area contributed by atoms with Gasteiger partial charge in [-0.05, 0) is 51.8 Å². The van der Waals surface area contributed by atoms with Gasteiger partial charge in [0.05, 0.1) is 0 Å². The summed E-state index contributed by atoms with van der Waals surface area (Å²) in [5.74, 6) is 0. The molecular formula is C16H26N2O2. The molecule has 0 aliphatic rings. The molecule has 0 aliphatic heterocycles. The van der Waals surface area contributed by atoms with Crippen LogP contribution in [0.3, 0.4) is 0 Å². The van der Waals surface area contributed by atoms with Gasteiger partial charge in [-0.15, -0.1) is 0 Å². The Morgan fingerprint density at radius 1 is 1.15 bits per heavy atom. The Bertz CT molecular complexity index is 425. The van der Waals surface area contributed by atoms with E-state index in [4.69, 9.17) is 4.74 Å². The van der Waals surface area contributed by atoms with Crippen molar-refractivity contribution in [2.75, 3.05) is 19.6 Å². The van der Waals surface area contributed by atoms with E-state index in [-0.39, 0.29) is 6.09 Å². The van der Waals surface area contributed by atoms with Gasteiger partial charge in [0.1, 0.15) is 5.60 Å². The van der Waals surface area contributed by atoms with E-state index < -0.39 is 5.60 Å². The lowest BCUT2D eigenvalue weighted by atomic mass is 10.1. The lowest BCUT2D eigenvalue weighted by Crippen LogP contribution is -2.36. The predicted molar refractivity (Wildman–Crippen MR) is 82.0 cm³/mol. The molecule has 1 aromatic rings. The van der Waals surface area contributed by atoms with Crippen molar-refractivity contribution in [1.29, 1.82) is 0 Å². The molecule has 4 nitrogen and oxygen atoms in total. The number of carbonyl (C=O) groups is 1. The summed E-state index contributed by atoms with van der Waals surface area (Å²) in [5, 5.41) is 6.03. The zero-order valence-electron chi connectivity index (χ0n) is 13.0. The van der Waals surface area contributed by atoms with E-state index in [9.17, 15) is 4.79 Å². The summed E-state index contributed by atoms with van der Waals surface area (Å²) in [4.78, 5) is 11.4. The van der Waals surface area contributed by atoms with Crippen LogP contribution in [0.4, 0.5) is 4.79 Å². The molecule has 20 heavy (non-hydrogen) atoms. The molecule has 0 saturated heterocycles. The van der Waals surface area contributed by atoms with Gasteiger partial charge in [0.2, 0.25) is 0 Å². The Morgan fingerprint density at radius 3 is 2.50 bits per heavy atom. The van der Waals surface area contributed by atoms with Crippen LogP contribution in [0.1, 0.15) is 31.9 Å². The second kappa shape index (κ2) is 7.90. The van der Waals surface area contributed by atoms with Crippen molar-refractivity contribution in [3.8, 4) is 0 Å². The molecule has 1 rings (SSSR count). The zero-order valence-corrected chi connectivity index (χ0v) is 13.0. The van der Waals surface area contributed by atoms with Crippen molar-refractivity contribution in [2.24, 2.45) is 0 Å². The van der Waals surface area contributed by atoms with Crippen molar-refractivity contribution in [1.82, 2.24) is 10.6 Å². The van der Waals surface area contributed by atoms with Gasteiger partial charge in [0, 0.05) is 13.1 Å². The molecule has 0 fully saturated rings. The molecule has 2 N–H and O–H groups in total. The van der Waals surface area contributed by atoms with Gasteiger partial charge >= 0.3 is 6.09 Å². The first-order valence-electron chi connectivity index (χ1n) is 7.10. The fourth-order valence-electron chi connectivity index (χ4n) is 1.81. The second-order valence-corrected chi connectivity index (χ2v) is 5.86. The van der Waals surface area contributed by atoms with Crippen LogP contribution in [-0.4, -0.2) is 31.3 Å². The molecular weight excluding hydrogens is 252 g/mol. The minimum Gasteiger partial charge on any atom is -0.444 e. The summed E-state index contributed by atoms with van der Waals surface area (Å²) in [6, 6.07) is 8.39. The summed E-state index contributed by atoms with van der Waals surface area (Å²) >= 11 is 0. The van der Waals surface area contributed by atoms with Gasteiger partial charge in [-0.2, -0.15) is 0 Å². The van der Waals surface area contributed by atoms with E-state index in [1.807, 2.05) is 20.8 Å². The summed E-state index contributed by atoms with van der Waals surface area (Å²) < 4.78 is 5.15. The highest BCUT2D eigenvalue weighted by Crippen LogP contribution is 2.07. The van der Waals surface area contributed by atoms with Crippen molar-refractivity contribution in [3.63, 3.8) is 0 Å². The van der Waals surface area contributed by atoms with E-state index in [0.29, 0.717) is 6.54 Å². The lowest BCUT2D eigenvalue weighted by Gasteiger charge is -2.19. The molecule has 112 valence electrons. The average Bonchev–Trinajstić information content (AvgIpc) is 2.33. The number of rotatable bonds is 6. The standard InChI is InChI=1S/C16H26N2O2/c1-13-7-5-6-8-14(13)9-10-17-11-12-18-15(19)20-16(2,3)4/h5-8,17H,9-12H2,1-4H3,(H,18,19). The van der Waals surface area contributed by atoms with Gasteiger partial charge in [-0.1, -0.05) is 24.3 Å². The Morgan fingerprint density at radius 2 is 1.85 bits per heavy atom. The van der Waals surface area contributed by atoms with E-state index in [1.54, 1.807) is 0 Å². The van der Waals surface area contributed by atoms with Gasteiger partial charge in [-0.25, -0.2) is 4.79 Å². The number of ether oxygens (including phenoxy) is 1. The van der Waals surface area contributed by atoms with Crippen LogP contribution in [0.2, 0.25) is 0 Å². The third kappa shape index (κ3) is 7.14. The number of amides is 1. The predicted octanol–water partition coefficient (Wildman–Crippen LogP) is 2.65. The van der Waals surface area contributed by atoms with E-state index >= 15 is 0 Å². The van der Waals surface area contributed by atoms with Gasteiger partial charge in [-0.3, -0.25) is 0 Å². The number of hydrogen-bond acceptors (Lipinski definition) is 3. The van der Waals surface area contributed by atoms with Crippen molar-refractivity contribution in [2.45, 2.75) is 39.7 Å². The van der Waals surface area contributed by atoms with Gasteiger partial charge in [0.15, 0.2) is 0 Å². The number of benzene rings is 1. The largest absolute Gasteiger partial charge is 0.444 e. The third-order valence-corrected chi connectivity index (χ3v) is 2.80. The molecule has 0 spiro atoms. The Hall–Kier alpha value is -1.55. The fraction of sp³-hybridized carbons (Fsp3) is 0.562. The zero-order chi connectivity index (χ0) is 15.0. The first kappa shape index (κ1) is 16.5. The molecule has 1 aromatic carbocycles. The van der Waals surface area contributed by atoms with Crippen molar-refractivity contribution >= 4 is 6.09 Å². The van der Waals surface area contributed by atoms with E-state index in [2.05, 4.69) is 41.8 Å². The van der Waals surface area contributed by atoms with Crippen LogP contribution in [0.25, 0.3) is 0 Å². The van der Waals surface area contributed by atoms with Crippen LogP contribution in [0.15, 0.2) is 24.3 Å². The molecule has 0 radical (unpaired) electrons. The quantitative estimate of drug-likeness (QED) is 0.787. The van der Waals surface area contributed by atoms with Gasteiger partial charge < -0.3 is 15.4 Å². The second-order valence-electron chi connectivity index (χ2n) is 5.86. The maximum Gasteiger partial charge on any atom is 0.407 e. The van der Waals surface area contributed by atoms with Crippen LogP contribution in [-0.2, 0) is 11.2 Å². The maximum atomic E-state index is 11.4. The number of aryl methyl sites for hydroxylation is 1. The minimum absolute atomic E-state index is 0.363. The summed E-state index contributed by atoms with van der Waals surface area (Å²) in [7, 11) is 0. The molecule has 0 atom stereocenters. The minimum atomic E-state index is -0.442. The number of alkyl carbamates (subject to hydrolysis) is 1. The Labute approximate surface area is 121 Å². The summed E-state index contributed by atoms with van der Waals surface area (Å²) in [5.41, 5.74) is 2.24. The van der Waals surface area contributed by atoms with Crippen LogP contribution < -0.4 is 10.6 Å². The molecule has 0 saturated carbocycles. The molecule has 0 aliphatic carbocycles. The number of carbonyl (C=O) groups excluding carboxylic acids is 1. The average molecular weight is 278 g/mol. The van der Waals surface area contributed by atoms with Gasteiger partial charge in [0.25, 0.3) is 0 Å². The number of hydrogen-bond donors (Lipinski definition) is 2. The number of nitrogens with one attached hydrogen (secondary N) is 2. The van der Waals surface area contributed by atoms with Crippen molar-refractivity contribution < 1.29 is 9.53 Å². The fourth-order valence-corrected chi connectivity index (χ4v) is 1.81. The Balaban J connectivity index is 2.08.